The Morgan fingerprint density at radius 3 is 2.64 bits per heavy atom. The predicted octanol–water partition coefficient (Wildman–Crippen LogP) is 4.45. The van der Waals surface area contributed by atoms with Gasteiger partial charge in [-0.2, -0.15) is 0 Å². The first-order valence-corrected chi connectivity index (χ1v) is 11.4. The molecule has 28 heavy (non-hydrogen) atoms. The van der Waals surface area contributed by atoms with Gasteiger partial charge in [-0.25, -0.2) is 0 Å². The Bertz CT molecular complexity index is 1110. The largest absolute Gasteiger partial charge is 0.277 e. The molecule has 2 aliphatic carbocycles. The van der Waals surface area contributed by atoms with Gasteiger partial charge < -0.3 is 0 Å². The molecule has 0 unspecified atom stereocenters. The zero-order chi connectivity index (χ0) is 19.3. The summed E-state index contributed by atoms with van der Waals surface area (Å²) < 4.78 is 4.00. The van der Waals surface area contributed by atoms with E-state index in [1.165, 1.54) is 30.4 Å². The minimum absolute atomic E-state index is 0.0530. The average molecular weight is 395 g/mol. The van der Waals surface area contributed by atoms with Gasteiger partial charge in [-0.15, -0.1) is 10.2 Å². The normalized spacial score (nSPS) is 17.6. The van der Waals surface area contributed by atoms with Crippen LogP contribution in [0, 0.1) is 0 Å². The van der Waals surface area contributed by atoms with Crippen LogP contribution >= 0.6 is 11.8 Å². The van der Waals surface area contributed by atoms with E-state index >= 15 is 0 Å². The Morgan fingerprint density at radius 2 is 1.89 bits per heavy atom. The van der Waals surface area contributed by atoms with E-state index in [1.807, 2.05) is 11.5 Å². The maximum atomic E-state index is 13.8. The molecule has 0 amide bonds. The number of aromatic nitrogens is 4. The monoisotopic (exact) mass is 394 g/mol. The standard InChI is InChI=1S/C22H26N4OS/c1-3-25-19(27)17-18(26-20(25)23-24-21(26)28-4-2)16-11-7-6-10-15(16)14-22(17)12-8-5-9-13-22/h6-7,10-11H,3-5,8-9,12-14H2,1-2H3. The van der Waals surface area contributed by atoms with Gasteiger partial charge in [0.1, 0.15) is 0 Å². The van der Waals surface area contributed by atoms with Crippen molar-refractivity contribution in [2.24, 2.45) is 0 Å². The maximum absolute atomic E-state index is 13.8. The zero-order valence-corrected chi connectivity index (χ0v) is 17.4. The lowest BCUT2D eigenvalue weighted by molar-refractivity contribution is 0.283. The van der Waals surface area contributed by atoms with E-state index in [0.29, 0.717) is 12.3 Å². The van der Waals surface area contributed by atoms with Crippen molar-refractivity contribution >= 4 is 17.5 Å². The van der Waals surface area contributed by atoms with Gasteiger partial charge in [0.05, 0.1) is 5.69 Å². The van der Waals surface area contributed by atoms with Crippen molar-refractivity contribution in [3.8, 4) is 11.3 Å². The van der Waals surface area contributed by atoms with Gasteiger partial charge in [-0.1, -0.05) is 62.2 Å². The summed E-state index contributed by atoms with van der Waals surface area (Å²) in [5, 5.41) is 9.79. The number of rotatable bonds is 3. The lowest BCUT2D eigenvalue weighted by Gasteiger charge is -2.42. The maximum Gasteiger partial charge on any atom is 0.259 e. The van der Waals surface area contributed by atoms with Crippen LogP contribution in [0.1, 0.15) is 57.1 Å². The molecule has 0 aliphatic heterocycles. The van der Waals surface area contributed by atoms with Crippen LogP contribution < -0.4 is 5.56 Å². The van der Waals surface area contributed by atoms with E-state index in [2.05, 4.69) is 45.8 Å². The molecular weight excluding hydrogens is 368 g/mol. The van der Waals surface area contributed by atoms with Crippen LogP contribution in [0.3, 0.4) is 0 Å². The molecule has 0 bridgehead atoms. The molecule has 2 heterocycles. The van der Waals surface area contributed by atoms with Crippen LogP contribution in [0.4, 0.5) is 0 Å². The highest BCUT2D eigenvalue weighted by molar-refractivity contribution is 7.99. The van der Waals surface area contributed by atoms with E-state index in [-0.39, 0.29) is 11.0 Å². The Kier molecular flexibility index (Phi) is 4.34. The van der Waals surface area contributed by atoms with Gasteiger partial charge in [0.2, 0.25) is 5.78 Å². The highest BCUT2D eigenvalue weighted by Crippen LogP contribution is 2.49. The third-order valence-electron chi connectivity index (χ3n) is 6.51. The van der Waals surface area contributed by atoms with Crippen molar-refractivity contribution in [1.29, 1.82) is 0 Å². The molecule has 3 aromatic rings. The molecule has 0 saturated heterocycles. The van der Waals surface area contributed by atoms with Crippen LogP contribution in [0.25, 0.3) is 17.0 Å². The number of benzene rings is 1. The molecule has 5 rings (SSSR count). The van der Waals surface area contributed by atoms with Crippen LogP contribution in [-0.4, -0.2) is 24.9 Å². The third kappa shape index (κ3) is 2.43. The Morgan fingerprint density at radius 1 is 1.11 bits per heavy atom. The minimum atomic E-state index is -0.0530. The Labute approximate surface area is 169 Å². The number of fused-ring (bicyclic) bond motifs is 6. The fourth-order valence-corrected chi connectivity index (χ4v) is 5.98. The van der Waals surface area contributed by atoms with Crippen LogP contribution in [-0.2, 0) is 18.4 Å². The molecule has 1 spiro atoms. The van der Waals surface area contributed by atoms with Gasteiger partial charge in [0.15, 0.2) is 5.16 Å². The van der Waals surface area contributed by atoms with Gasteiger partial charge in [-0.05, 0) is 37.5 Å². The van der Waals surface area contributed by atoms with Crippen molar-refractivity contribution in [2.45, 2.75) is 69.5 Å². The summed E-state index contributed by atoms with van der Waals surface area (Å²) in [5.74, 6) is 1.60. The van der Waals surface area contributed by atoms with Crippen molar-refractivity contribution in [3.63, 3.8) is 0 Å². The highest BCUT2D eigenvalue weighted by Gasteiger charge is 2.44. The molecule has 0 radical (unpaired) electrons. The number of aryl methyl sites for hydroxylation is 1. The fraction of sp³-hybridized carbons (Fsp3) is 0.500. The van der Waals surface area contributed by atoms with Crippen molar-refractivity contribution in [1.82, 2.24) is 19.2 Å². The Hall–Kier alpha value is -2.08. The summed E-state index contributed by atoms with van der Waals surface area (Å²) in [6, 6.07) is 8.61. The molecule has 5 nitrogen and oxygen atoms in total. The lowest BCUT2D eigenvalue weighted by atomic mass is 9.62. The van der Waals surface area contributed by atoms with Gasteiger partial charge in [-0.3, -0.25) is 13.8 Å². The molecule has 1 aromatic carbocycles. The second-order valence-electron chi connectivity index (χ2n) is 8.00. The van der Waals surface area contributed by atoms with Crippen molar-refractivity contribution < 1.29 is 0 Å². The molecule has 146 valence electrons. The SMILES string of the molecule is CCSc1nnc2n(CC)c(=O)c3c(n12)-c1ccccc1CC31CCCCC1. The molecule has 6 heteroatoms. The summed E-state index contributed by atoms with van der Waals surface area (Å²) in [5.41, 5.74) is 4.68. The summed E-state index contributed by atoms with van der Waals surface area (Å²) in [6.45, 7) is 4.77. The fourth-order valence-electron chi connectivity index (χ4n) is 5.33. The number of hydrogen-bond acceptors (Lipinski definition) is 4. The van der Waals surface area contributed by atoms with E-state index in [0.717, 1.165) is 41.4 Å². The number of nitrogens with zero attached hydrogens (tertiary/aromatic N) is 4. The summed E-state index contributed by atoms with van der Waals surface area (Å²) in [6.07, 6.45) is 6.83. The molecule has 0 atom stereocenters. The smallest absolute Gasteiger partial charge is 0.259 e. The first-order chi connectivity index (χ1) is 13.7. The van der Waals surface area contributed by atoms with E-state index < -0.39 is 0 Å². The van der Waals surface area contributed by atoms with E-state index in [9.17, 15) is 4.79 Å². The van der Waals surface area contributed by atoms with Crippen LogP contribution in [0.15, 0.2) is 34.2 Å². The topological polar surface area (TPSA) is 52.2 Å². The molecule has 2 aliphatic rings. The zero-order valence-electron chi connectivity index (χ0n) is 16.6. The minimum Gasteiger partial charge on any atom is -0.277 e. The highest BCUT2D eigenvalue weighted by atomic mass is 32.2. The quantitative estimate of drug-likeness (QED) is 0.616. The molecular formula is C22H26N4OS. The second kappa shape index (κ2) is 6.76. The van der Waals surface area contributed by atoms with Crippen molar-refractivity contribution in [3.05, 3.63) is 45.7 Å². The van der Waals surface area contributed by atoms with Gasteiger partial charge in [0.25, 0.3) is 5.56 Å². The second-order valence-corrected chi connectivity index (χ2v) is 9.23. The molecule has 1 saturated carbocycles. The van der Waals surface area contributed by atoms with Gasteiger partial charge in [0, 0.05) is 23.1 Å². The molecule has 1 fully saturated rings. The number of hydrogen-bond donors (Lipinski definition) is 0. The first kappa shape index (κ1) is 18.0. The van der Waals surface area contributed by atoms with Crippen molar-refractivity contribution in [2.75, 3.05) is 5.75 Å². The molecule has 0 N–H and O–H groups in total. The summed E-state index contributed by atoms with van der Waals surface area (Å²) in [4.78, 5) is 13.8. The lowest BCUT2D eigenvalue weighted by Crippen LogP contribution is -2.43. The molecule has 2 aromatic heterocycles. The average Bonchev–Trinajstić information content (AvgIpc) is 3.12. The Balaban J connectivity index is 1.96. The summed E-state index contributed by atoms with van der Waals surface area (Å²) in [7, 11) is 0. The first-order valence-electron chi connectivity index (χ1n) is 10.4. The summed E-state index contributed by atoms with van der Waals surface area (Å²) >= 11 is 1.69. The van der Waals surface area contributed by atoms with E-state index in [1.54, 1.807) is 11.8 Å². The van der Waals surface area contributed by atoms with Crippen LogP contribution in [0.5, 0.6) is 0 Å². The van der Waals surface area contributed by atoms with Crippen LogP contribution in [0.2, 0.25) is 0 Å². The number of thioether (sulfide) groups is 1. The van der Waals surface area contributed by atoms with E-state index in [4.69, 9.17) is 0 Å². The van der Waals surface area contributed by atoms with Gasteiger partial charge >= 0.3 is 0 Å². The third-order valence-corrected chi connectivity index (χ3v) is 7.32. The predicted molar refractivity (Wildman–Crippen MR) is 113 cm³/mol.